The summed E-state index contributed by atoms with van der Waals surface area (Å²) in [6.07, 6.45) is 2.85. The van der Waals surface area contributed by atoms with Gasteiger partial charge in [-0.25, -0.2) is 0 Å². The summed E-state index contributed by atoms with van der Waals surface area (Å²) in [5.41, 5.74) is 0.831. The fourth-order valence-corrected chi connectivity index (χ4v) is 1.22. The molecule has 74 valence electrons. The lowest BCUT2D eigenvalue weighted by Crippen LogP contribution is -1.98. The van der Waals surface area contributed by atoms with E-state index in [1.165, 1.54) is 0 Å². The zero-order valence-corrected chi connectivity index (χ0v) is 8.84. The van der Waals surface area contributed by atoms with Crippen LogP contribution in [0.15, 0.2) is 6.20 Å². The zero-order chi connectivity index (χ0) is 9.68. The van der Waals surface area contributed by atoms with Gasteiger partial charge in [0, 0.05) is 19.3 Å². The number of aryl methyl sites for hydroxylation is 1. The number of nitrogens with zero attached hydrogens (tertiary/aromatic N) is 2. The number of hydrogen-bond acceptors (Lipinski definition) is 2. The van der Waals surface area contributed by atoms with E-state index in [1.54, 1.807) is 0 Å². The van der Waals surface area contributed by atoms with E-state index in [9.17, 15) is 0 Å². The molecule has 0 aliphatic carbocycles. The summed E-state index contributed by atoms with van der Waals surface area (Å²) < 4.78 is 7.16. The molecule has 0 aromatic carbocycles. The van der Waals surface area contributed by atoms with E-state index >= 15 is 0 Å². The van der Waals surface area contributed by atoms with Crippen molar-refractivity contribution in [1.29, 1.82) is 0 Å². The molecular weight excluding hydrogens is 188 g/mol. The fourth-order valence-electron chi connectivity index (χ4n) is 1.01. The van der Waals surface area contributed by atoms with Crippen LogP contribution in [0.2, 0.25) is 5.02 Å². The average Bonchev–Trinajstić information content (AvgIpc) is 2.48. The summed E-state index contributed by atoms with van der Waals surface area (Å²) in [6.45, 7) is 6.22. The largest absolute Gasteiger partial charge is 0.375 e. The third-order valence-corrected chi connectivity index (χ3v) is 2.01. The molecule has 0 unspecified atom stereocenters. The van der Waals surface area contributed by atoms with Crippen molar-refractivity contribution in [2.75, 3.05) is 6.61 Å². The van der Waals surface area contributed by atoms with Gasteiger partial charge in [0.2, 0.25) is 0 Å². The van der Waals surface area contributed by atoms with E-state index < -0.39 is 0 Å². The quantitative estimate of drug-likeness (QED) is 0.686. The smallest absolute Gasteiger partial charge is 0.107 e. The molecule has 0 radical (unpaired) electrons. The maximum atomic E-state index is 5.94. The lowest BCUT2D eigenvalue weighted by molar-refractivity contribution is 0.118. The number of rotatable bonds is 5. The van der Waals surface area contributed by atoms with Crippen molar-refractivity contribution in [3.05, 3.63) is 16.9 Å². The standard InChI is InChI=1S/C9H15ClN2O/c1-3-5-13-7-9-8(10)6-12(4-2)11-9/h6H,3-5,7H2,1-2H3. The molecule has 1 aromatic rings. The highest BCUT2D eigenvalue weighted by Gasteiger charge is 2.05. The highest BCUT2D eigenvalue weighted by molar-refractivity contribution is 6.31. The Bertz CT molecular complexity index is 260. The molecule has 0 aliphatic rings. The molecule has 4 heteroatoms. The number of ether oxygens (including phenoxy) is 1. The third kappa shape index (κ3) is 3.01. The van der Waals surface area contributed by atoms with E-state index in [0.29, 0.717) is 11.6 Å². The minimum absolute atomic E-state index is 0.514. The Hall–Kier alpha value is -0.540. The van der Waals surface area contributed by atoms with Gasteiger partial charge in [-0.2, -0.15) is 5.10 Å². The monoisotopic (exact) mass is 202 g/mol. The van der Waals surface area contributed by atoms with Crippen LogP contribution in [0.3, 0.4) is 0 Å². The molecule has 0 bridgehead atoms. The number of aromatic nitrogens is 2. The van der Waals surface area contributed by atoms with Gasteiger partial charge in [0.05, 0.1) is 11.6 Å². The van der Waals surface area contributed by atoms with Crippen LogP contribution >= 0.6 is 11.6 Å². The molecule has 0 atom stereocenters. The van der Waals surface area contributed by atoms with Gasteiger partial charge in [-0.1, -0.05) is 18.5 Å². The Kier molecular flexibility index (Phi) is 4.25. The predicted molar refractivity (Wildman–Crippen MR) is 52.9 cm³/mol. The summed E-state index contributed by atoms with van der Waals surface area (Å²) >= 11 is 5.94. The van der Waals surface area contributed by atoms with E-state index in [-0.39, 0.29) is 0 Å². The summed E-state index contributed by atoms with van der Waals surface area (Å²) in [6, 6.07) is 0. The Balaban J connectivity index is 2.50. The van der Waals surface area contributed by atoms with Crippen LogP contribution in [-0.2, 0) is 17.9 Å². The van der Waals surface area contributed by atoms with Gasteiger partial charge in [-0.15, -0.1) is 0 Å². The molecule has 1 aromatic heterocycles. The first-order chi connectivity index (χ1) is 6.27. The van der Waals surface area contributed by atoms with Crippen molar-refractivity contribution in [2.45, 2.75) is 33.4 Å². The maximum absolute atomic E-state index is 5.94. The predicted octanol–water partition coefficient (Wildman–Crippen LogP) is 2.48. The topological polar surface area (TPSA) is 27.1 Å². The summed E-state index contributed by atoms with van der Waals surface area (Å²) in [4.78, 5) is 0. The van der Waals surface area contributed by atoms with Crippen LogP contribution in [-0.4, -0.2) is 16.4 Å². The molecular formula is C9H15ClN2O. The first-order valence-corrected chi connectivity index (χ1v) is 4.95. The van der Waals surface area contributed by atoms with E-state index in [2.05, 4.69) is 12.0 Å². The maximum Gasteiger partial charge on any atom is 0.107 e. The van der Waals surface area contributed by atoms with Crippen LogP contribution in [0.1, 0.15) is 26.0 Å². The molecule has 13 heavy (non-hydrogen) atoms. The van der Waals surface area contributed by atoms with Crippen molar-refractivity contribution in [2.24, 2.45) is 0 Å². The molecule has 0 spiro atoms. The molecule has 0 fully saturated rings. The summed E-state index contributed by atoms with van der Waals surface area (Å²) in [5, 5.41) is 4.95. The summed E-state index contributed by atoms with van der Waals surface area (Å²) in [5.74, 6) is 0. The van der Waals surface area contributed by atoms with Crippen LogP contribution in [0.4, 0.5) is 0 Å². The van der Waals surface area contributed by atoms with Crippen molar-refractivity contribution in [3.63, 3.8) is 0 Å². The SMILES string of the molecule is CCCOCc1nn(CC)cc1Cl. The van der Waals surface area contributed by atoms with Crippen molar-refractivity contribution in [1.82, 2.24) is 9.78 Å². The third-order valence-electron chi connectivity index (χ3n) is 1.70. The zero-order valence-electron chi connectivity index (χ0n) is 8.09. The lowest BCUT2D eigenvalue weighted by atomic mass is 10.4. The number of hydrogen-bond donors (Lipinski definition) is 0. The Morgan fingerprint density at radius 2 is 2.31 bits per heavy atom. The van der Waals surface area contributed by atoms with Gasteiger partial charge in [-0.05, 0) is 13.3 Å². The Morgan fingerprint density at radius 1 is 1.54 bits per heavy atom. The van der Waals surface area contributed by atoms with Crippen LogP contribution in [0.25, 0.3) is 0 Å². The Labute approximate surface area is 83.6 Å². The highest BCUT2D eigenvalue weighted by atomic mass is 35.5. The minimum Gasteiger partial charge on any atom is -0.375 e. The van der Waals surface area contributed by atoms with Crippen molar-refractivity contribution < 1.29 is 4.74 Å². The first kappa shape index (κ1) is 10.5. The van der Waals surface area contributed by atoms with Gasteiger partial charge in [-0.3, -0.25) is 4.68 Å². The van der Waals surface area contributed by atoms with Gasteiger partial charge >= 0.3 is 0 Å². The van der Waals surface area contributed by atoms with E-state index in [0.717, 1.165) is 25.3 Å². The van der Waals surface area contributed by atoms with E-state index in [4.69, 9.17) is 16.3 Å². The molecule has 0 aliphatic heterocycles. The molecule has 3 nitrogen and oxygen atoms in total. The Morgan fingerprint density at radius 3 is 2.85 bits per heavy atom. The highest BCUT2D eigenvalue weighted by Crippen LogP contribution is 2.14. The van der Waals surface area contributed by atoms with Gasteiger partial charge < -0.3 is 4.74 Å². The average molecular weight is 203 g/mol. The number of halogens is 1. The molecule has 0 saturated carbocycles. The van der Waals surface area contributed by atoms with Crippen LogP contribution < -0.4 is 0 Å². The van der Waals surface area contributed by atoms with Gasteiger partial charge in [0.25, 0.3) is 0 Å². The second-order valence-corrected chi connectivity index (χ2v) is 3.24. The molecule has 0 saturated heterocycles. The second-order valence-electron chi connectivity index (χ2n) is 2.83. The molecule has 0 N–H and O–H groups in total. The van der Waals surface area contributed by atoms with Crippen molar-refractivity contribution >= 4 is 11.6 Å². The second kappa shape index (κ2) is 5.25. The molecule has 1 heterocycles. The molecule has 0 amide bonds. The normalized spacial score (nSPS) is 10.7. The van der Waals surface area contributed by atoms with Crippen molar-refractivity contribution in [3.8, 4) is 0 Å². The first-order valence-electron chi connectivity index (χ1n) is 4.57. The minimum atomic E-state index is 0.514. The van der Waals surface area contributed by atoms with E-state index in [1.807, 2.05) is 17.8 Å². The van der Waals surface area contributed by atoms with Crippen LogP contribution in [0, 0.1) is 0 Å². The fraction of sp³-hybridized carbons (Fsp3) is 0.667. The lowest BCUT2D eigenvalue weighted by Gasteiger charge is -1.98. The van der Waals surface area contributed by atoms with Crippen LogP contribution in [0.5, 0.6) is 0 Å². The molecule has 1 rings (SSSR count). The summed E-state index contributed by atoms with van der Waals surface area (Å²) in [7, 11) is 0. The van der Waals surface area contributed by atoms with Gasteiger partial charge in [0.1, 0.15) is 5.69 Å². The van der Waals surface area contributed by atoms with Gasteiger partial charge in [0.15, 0.2) is 0 Å².